The molecule has 3 heteroatoms. The summed E-state index contributed by atoms with van der Waals surface area (Å²) >= 11 is 1.89. The number of fused-ring (bicyclic) bond motifs is 8. The van der Waals surface area contributed by atoms with Crippen LogP contribution in [0.3, 0.4) is 0 Å². The molecule has 0 saturated heterocycles. The van der Waals surface area contributed by atoms with Crippen LogP contribution in [-0.4, -0.2) is 0 Å². The van der Waals surface area contributed by atoms with Crippen molar-refractivity contribution in [1.29, 1.82) is 0 Å². The maximum absolute atomic E-state index is 6.23. The average molecular weight is 720 g/mol. The summed E-state index contributed by atoms with van der Waals surface area (Å²) in [5.74, 6) is 0. The third kappa shape index (κ3) is 5.32. The molecule has 0 radical (unpaired) electrons. The SMILES string of the molecule is c1ccc(-c2ccc(N(c3ccc(-c4cccc5oc6ccccc6c45)cc3)c3ccc(-c4cc5ccccc5c5sc6ccccc6c45)cc3)cc2)cc1. The summed E-state index contributed by atoms with van der Waals surface area (Å²) < 4.78 is 8.89. The van der Waals surface area contributed by atoms with Crippen LogP contribution in [0.2, 0.25) is 0 Å². The monoisotopic (exact) mass is 719 g/mol. The minimum absolute atomic E-state index is 0.905. The number of nitrogens with zero attached hydrogens (tertiary/aromatic N) is 1. The van der Waals surface area contributed by atoms with Gasteiger partial charge in [-0.15, -0.1) is 11.3 Å². The Morgan fingerprint density at radius 3 is 1.64 bits per heavy atom. The summed E-state index contributed by atoms with van der Waals surface area (Å²) in [5, 5.41) is 7.50. The first-order valence-corrected chi connectivity index (χ1v) is 19.5. The number of furan rings is 1. The van der Waals surface area contributed by atoms with E-state index in [-0.39, 0.29) is 0 Å². The number of thiophene rings is 1. The Morgan fingerprint density at radius 1 is 0.364 bits per heavy atom. The van der Waals surface area contributed by atoms with Crippen LogP contribution < -0.4 is 4.90 Å². The van der Waals surface area contributed by atoms with Crippen LogP contribution in [0.4, 0.5) is 17.1 Å². The van der Waals surface area contributed by atoms with Gasteiger partial charge in [-0.2, -0.15) is 0 Å². The lowest BCUT2D eigenvalue weighted by Crippen LogP contribution is -2.09. The summed E-state index contributed by atoms with van der Waals surface area (Å²) in [6, 6.07) is 72.1. The highest BCUT2D eigenvalue weighted by atomic mass is 32.1. The fourth-order valence-corrected chi connectivity index (χ4v) is 9.53. The number of para-hydroxylation sites is 1. The maximum Gasteiger partial charge on any atom is 0.136 e. The molecular formula is C52H33NOS. The molecular weight excluding hydrogens is 687 g/mol. The minimum atomic E-state index is 0.905. The molecule has 0 spiro atoms. The van der Waals surface area contributed by atoms with Gasteiger partial charge in [0.1, 0.15) is 11.2 Å². The Bertz CT molecular complexity index is 3170. The molecule has 2 aromatic heterocycles. The van der Waals surface area contributed by atoms with Crippen LogP contribution in [0, 0.1) is 0 Å². The van der Waals surface area contributed by atoms with Gasteiger partial charge in [0.05, 0.1) is 0 Å². The summed E-state index contributed by atoms with van der Waals surface area (Å²) in [7, 11) is 0. The van der Waals surface area contributed by atoms with Crippen molar-refractivity contribution in [3.8, 4) is 33.4 Å². The second-order valence-electron chi connectivity index (χ2n) is 14.1. The van der Waals surface area contributed by atoms with Gasteiger partial charge >= 0.3 is 0 Å². The Kier molecular flexibility index (Phi) is 7.39. The predicted octanol–water partition coefficient (Wildman–Crippen LogP) is 15.6. The van der Waals surface area contributed by atoms with Crippen LogP contribution in [-0.2, 0) is 0 Å². The number of rotatable bonds is 6. The van der Waals surface area contributed by atoms with Crippen molar-refractivity contribution < 1.29 is 4.42 Å². The Labute approximate surface area is 322 Å². The third-order valence-corrected chi connectivity index (χ3v) is 12.1. The molecule has 0 N–H and O–H groups in total. The van der Waals surface area contributed by atoms with Gasteiger partial charge in [-0.25, -0.2) is 0 Å². The molecule has 0 atom stereocenters. The predicted molar refractivity (Wildman–Crippen MR) is 235 cm³/mol. The van der Waals surface area contributed by atoms with Gasteiger partial charge < -0.3 is 9.32 Å². The molecule has 0 unspecified atom stereocenters. The molecule has 11 rings (SSSR count). The fraction of sp³-hybridized carbons (Fsp3) is 0. The first-order valence-electron chi connectivity index (χ1n) is 18.7. The normalized spacial score (nSPS) is 11.6. The van der Waals surface area contributed by atoms with E-state index in [1.807, 2.05) is 23.5 Å². The summed E-state index contributed by atoms with van der Waals surface area (Å²) in [6.45, 7) is 0. The van der Waals surface area contributed by atoms with E-state index >= 15 is 0 Å². The Balaban J connectivity index is 1.03. The molecule has 0 aliphatic carbocycles. The number of hydrogen-bond donors (Lipinski definition) is 0. The highest BCUT2D eigenvalue weighted by Crippen LogP contribution is 2.45. The molecule has 11 aromatic rings. The lowest BCUT2D eigenvalue weighted by atomic mass is 9.95. The van der Waals surface area contributed by atoms with E-state index in [0.29, 0.717) is 0 Å². The van der Waals surface area contributed by atoms with Gasteiger partial charge in [0.25, 0.3) is 0 Å². The highest BCUT2D eigenvalue weighted by Gasteiger charge is 2.18. The van der Waals surface area contributed by atoms with Gasteiger partial charge in [-0.05, 0) is 105 Å². The first kappa shape index (κ1) is 31.6. The molecule has 0 amide bonds. The average Bonchev–Trinajstić information content (AvgIpc) is 3.84. The third-order valence-electron chi connectivity index (χ3n) is 10.9. The van der Waals surface area contributed by atoms with Crippen LogP contribution in [0.25, 0.3) is 86.3 Å². The standard InChI is InChI=1S/C52H33NOS/c1-2-11-34(12-3-1)35-21-27-39(28-22-35)53(40-29-23-36(24-30-40)42-17-10-19-48-50(42)44-15-6-8-18-47(44)54-48)41-31-25-37(26-32-41)46-33-38-13-4-5-14-43(38)52-51(46)45-16-7-9-20-49(45)55-52/h1-33H. The molecule has 0 bridgehead atoms. The summed E-state index contributed by atoms with van der Waals surface area (Å²) in [4.78, 5) is 2.35. The van der Waals surface area contributed by atoms with Gasteiger partial charge in [0.15, 0.2) is 0 Å². The molecule has 0 aliphatic heterocycles. The quantitative estimate of drug-likeness (QED) is 0.170. The van der Waals surface area contributed by atoms with E-state index in [1.165, 1.54) is 58.8 Å². The smallest absolute Gasteiger partial charge is 0.136 e. The van der Waals surface area contributed by atoms with E-state index in [4.69, 9.17) is 4.42 Å². The molecule has 0 aliphatic rings. The molecule has 0 saturated carbocycles. The lowest BCUT2D eigenvalue weighted by molar-refractivity contribution is 0.669. The Morgan fingerprint density at radius 2 is 0.909 bits per heavy atom. The van der Waals surface area contributed by atoms with Crippen molar-refractivity contribution in [2.24, 2.45) is 0 Å². The van der Waals surface area contributed by atoms with Crippen molar-refractivity contribution in [2.45, 2.75) is 0 Å². The van der Waals surface area contributed by atoms with Gasteiger partial charge in [0, 0.05) is 48.0 Å². The zero-order valence-corrected chi connectivity index (χ0v) is 30.6. The van der Waals surface area contributed by atoms with Crippen LogP contribution in [0.15, 0.2) is 205 Å². The molecule has 9 aromatic carbocycles. The van der Waals surface area contributed by atoms with Gasteiger partial charge in [-0.3, -0.25) is 0 Å². The van der Waals surface area contributed by atoms with E-state index < -0.39 is 0 Å². The van der Waals surface area contributed by atoms with Crippen molar-refractivity contribution in [3.05, 3.63) is 200 Å². The number of hydrogen-bond acceptors (Lipinski definition) is 3. The van der Waals surface area contributed by atoms with Crippen molar-refractivity contribution in [2.75, 3.05) is 4.90 Å². The zero-order chi connectivity index (χ0) is 36.3. The fourth-order valence-electron chi connectivity index (χ4n) is 8.26. The second kappa shape index (κ2) is 12.9. The lowest BCUT2D eigenvalue weighted by Gasteiger charge is -2.26. The van der Waals surface area contributed by atoms with E-state index in [0.717, 1.165) is 44.6 Å². The zero-order valence-electron chi connectivity index (χ0n) is 29.8. The second-order valence-corrected chi connectivity index (χ2v) is 15.1. The molecule has 2 nitrogen and oxygen atoms in total. The number of anilines is 3. The van der Waals surface area contributed by atoms with E-state index in [9.17, 15) is 0 Å². The van der Waals surface area contributed by atoms with Crippen molar-refractivity contribution in [3.63, 3.8) is 0 Å². The van der Waals surface area contributed by atoms with Crippen LogP contribution in [0.5, 0.6) is 0 Å². The molecule has 0 fully saturated rings. The first-order chi connectivity index (χ1) is 27.3. The highest BCUT2D eigenvalue weighted by molar-refractivity contribution is 7.26. The number of benzene rings is 9. The molecule has 55 heavy (non-hydrogen) atoms. The van der Waals surface area contributed by atoms with Crippen molar-refractivity contribution in [1.82, 2.24) is 0 Å². The molecule has 2 heterocycles. The van der Waals surface area contributed by atoms with E-state index in [2.05, 4.69) is 193 Å². The maximum atomic E-state index is 6.23. The van der Waals surface area contributed by atoms with Crippen LogP contribution in [0.1, 0.15) is 0 Å². The van der Waals surface area contributed by atoms with Gasteiger partial charge in [0.2, 0.25) is 0 Å². The topological polar surface area (TPSA) is 16.4 Å². The largest absolute Gasteiger partial charge is 0.456 e. The summed E-state index contributed by atoms with van der Waals surface area (Å²) in [6.07, 6.45) is 0. The molecule has 258 valence electrons. The van der Waals surface area contributed by atoms with Crippen molar-refractivity contribution >= 4 is 81.3 Å². The Hall–Kier alpha value is -6.94. The van der Waals surface area contributed by atoms with E-state index in [1.54, 1.807) is 0 Å². The minimum Gasteiger partial charge on any atom is -0.456 e. The van der Waals surface area contributed by atoms with Crippen LogP contribution >= 0.6 is 11.3 Å². The van der Waals surface area contributed by atoms with Gasteiger partial charge in [-0.1, -0.05) is 140 Å². The summed E-state index contributed by atoms with van der Waals surface area (Å²) in [5.41, 5.74) is 12.3.